The molecule has 0 aliphatic heterocycles. The number of imidazole rings is 1. The number of hydrogen-bond acceptors (Lipinski definition) is 5. The zero-order chi connectivity index (χ0) is 20.8. The van der Waals surface area contributed by atoms with E-state index >= 15 is 0 Å². The number of ether oxygens (including phenoxy) is 1. The van der Waals surface area contributed by atoms with Gasteiger partial charge in [-0.1, -0.05) is 60.3 Å². The van der Waals surface area contributed by atoms with Crippen molar-refractivity contribution in [3.63, 3.8) is 0 Å². The summed E-state index contributed by atoms with van der Waals surface area (Å²) in [5.74, 6) is -0.626. The van der Waals surface area contributed by atoms with Crippen LogP contribution < -0.4 is 5.32 Å². The van der Waals surface area contributed by atoms with Crippen LogP contribution in [0.5, 0.6) is 0 Å². The summed E-state index contributed by atoms with van der Waals surface area (Å²) < 4.78 is 7.04. The van der Waals surface area contributed by atoms with Gasteiger partial charge in [0.25, 0.3) is 5.91 Å². The summed E-state index contributed by atoms with van der Waals surface area (Å²) in [5.41, 5.74) is 2.63. The number of esters is 1. The average Bonchev–Trinajstić information content (AvgIpc) is 3.06. The lowest BCUT2D eigenvalue weighted by molar-refractivity contribution is 0.0514. The van der Waals surface area contributed by atoms with E-state index in [1.807, 2.05) is 55.6 Å². The molecule has 0 bridgehead atoms. The van der Waals surface area contributed by atoms with Crippen LogP contribution in [0.3, 0.4) is 0 Å². The summed E-state index contributed by atoms with van der Waals surface area (Å²) in [7, 11) is 0. The van der Waals surface area contributed by atoms with Crippen molar-refractivity contribution < 1.29 is 14.3 Å². The highest BCUT2D eigenvalue weighted by Crippen LogP contribution is 2.26. The van der Waals surface area contributed by atoms with Gasteiger partial charge in [0.2, 0.25) is 0 Å². The van der Waals surface area contributed by atoms with Gasteiger partial charge < -0.3 is 14.6 Å². The van der Waals surface area contributed by atoms with E-state index in [0.717, 1.165) is 11.1 Å². The topological polar surface area (TPSA) is 73.2 Å². The Bertz CT molecular complexity index is 1020. The lowest BCUT2D eigenvalue weighted by Crippen LogP contribution is -2.19. The molecular formula is C22H23N3O3S. The predicted molar refractivity (Wildman–Crippen MR) is 115 cm³/mol. The number of nitrogens with zero attached hydrogens (tertiary/aromatic N) is 2. The summed E-state index contributed by atoms with van der Waals surface area (Å²) in [6.07, 6.45) is 1.88. The fraction of sp³-hybridized carbons (Fsp3) is 0.227. The number of anilines is 1. The number of hydrogen-bond donors (Lipinski definition) is 1. The minimum absolute atomic E-state index is 0.206. The van der Waals surface area contributed by atoms with E-state index in [0.29, 0.717) is 17.3 Å². The first-order valence-electron chi connectivity index (χ1n) is 9.27. The van der Waals surface area contributed by atoms with E-state index in [1.165, 1.54) is 11.8 Å². The van der Waals surface area contributed by atoms with Gasteiger partial charge in [0.1, 0.15) is 0 Å². The zero-order valence-corrected chi connectivity index (χ0v) is 17.5. The van der Waals surface area contributed by atoms with Gasteiger partial charge >= 0.3 is 5.97 Å². The SMILES string of the molecule is CCOC(=O)c1c(NC(=O)c2ccccc2C)nc(SC)n1Cc1ccccc1. The molecular weight excluding hydrogens is 386 g/mol. The second kappa shape index (κ2) is 9.43. The third-order valence-electron chi connectivity index (χ3n) is 4.39. The Morgan fingerprint density at radius 2 is 1.79 bits per heavy atom. The molecule has 0 saturated heterocycles. The molecule has 150 valence electrons. The van der Waals surface area contributed by atoms with Gasteiger partial charge in [0.05, 0.1) is 13.2 Å². The first kappa shape index (κ1) is 20.7. The number of nitrogens with one attached hydrogen (secondary N) is 1. The highest BCUT2D eigenvalue weighted by molar-refractivity contribution is 7.98. The van der Waals surface area contributed by atoms with Crippen LogP contribution in [0.25, 0.3) is 0 Å². The number of rotatable bonds is 7. The molecule has 0 saturated carbocycles. The van der Waals surface area contributed by atoms with Crippen molar-refractivity contribution in [2.24, 2.45) is 0 Å². The number of amides is 1. The molecule has 3 aromatic rings. The van der Waals surface area contributed by atoms with Gasteiger partial charge in [0, 0.05) is 5.56 Å². The molecule has 1 amide bonds. The van der Waals surface area contributed by atoms with Crippen LogP contribution in [0.15, 0.2) is 59.8 Å². The Balaban J connectivity index is 2.02. The standard InChI is InChI=1S/C22H23N3O3S/c1-4-28-21(27)18-19(23-20(26)17-13-9-8-10-15(17)2)24-22(29-3)25(18)14-16-11-6-5-7-12-16/h5-13H,4,14H2,1-3H3,(H,23,26). The van der Waals surface area contributed by atoms with Crippen molar-refractivity contribution in [3.8, 4) is 0 Å². The number of aromatic nitrogens is 2. The molecule has 3 rings (SSSR count). The minimum atomic E-state index is -0.517. The molecule has 0 atom stereocenters. The summed E-state index contributed by atoms with van der Waals surface area (Å²) in [6, 6.07) is 17.0. The molecule has 1 heterocycles. The number of aryl methyl sites for hydroxylation is 1. The molecule has 0 fully saturated rings. The van der Waals surface area contributed by atoms with Crippen LogP contribution in [-0.2, 0) is 11.3 Å². The smallest absolute Gasteiger partial charge is 0.358 e. The Hall–Kier alpha value is -3.06. The first-order chi connectivity index (χ1) is 14.0. The van der Waals surface area contributed by atoms with Crippen LogP contribution in [0.2, 0.25) is 0 Å². The summed E-state index contributed by atoms with van der Waals surface area (Å²) in [6.45, 7) is 4.28. The Labute approximate surface area is 174 Å². The largest absolute Gasteiger partial charge is 0.461 e. The van der Waals surface area contributed by atoms with Crippen LogP contribution in [0.1, 0.15) is 38.9 Å². The Morgan fingerprint density at radius 1 is 1.10 bits per heavy atom. The highest BCUT2D eigenvalue weighted by Gasteiger charge is 2.26. The minimum Gasteiger partial charge on any atom is -0.461 e. The summed E-state index contributed by atoms with van der Waals surface area (Å²) >= 11 is 1.40. The Morgan fingerprint density at radius 3 is 2.45 bits per heavy atom. The van der Waals surface area contributed by atoms with Crippen LogP contribution in [0, 0.1) is 6.92 Å². The van der Waals surface area contributed by atoms with E-state index in [4.69, 9.17) is 4.74 Å². The van der Waals surface area contributed by atoms with Gasteiger partial charge in [-0.2, -0.15) is 0 Å². The van der Waals surface area contributed by atoms with E-state index in [2.05, 4.69) is 10.3 Å². The van der Waals surface area contributed by atoms with Crippen molar-refractivity contribution in [2.75, 3.05) is 18.2 Å². The third kappa shape index (κ3) is 4.68. The monoisotopic (exact) mass is 409 g/mol. The second-order valence-corrected chi connectivity index (χ2v) is 7.13. The molecule has 0 spiro atoms. The van der Waals surface area contributed by atoms with E-state index in [-0.39, 0.29) is 24.0 Å². The normalized spacial score (nSPS) is 10.6. The quantitative estimate of drug-likeness (QED) is 0.463. The molecule has 1 N–H and O–H groups in total. The van der Waals surface area contributed by atoms with Gasteiger partial charge in [-0.05, 0) is 37.3 Å². The van der Waals surface area contributed by atoms with Crippen LogP contribution in [0.4, 0.5) is 5.82 Å². The molecule has 2 aromatic carbocycles. The van der Waals surface area contributed by atoms with Gasteiger partial charge in [-0.15, -0.1) is 0 Å². The van der Waals surface area contributed by atoms with Gasteiger partial charge in [-0.25, -0.2) is 9.78 Å². The molecule has 0 aliphatic carbocycles. The second-order valence-electron chi connectivity index (χ2n) is 6.36. The molecule has 7 heteroatoms. The lowest BCUT2D eigenvalue weighted by atomic mass is 10.1. The summed E-state index contributed by atoms with van der Waals surface area (Å²) in [5, 5.41) is 3.43. The number of thioether (sulfide) groups is 1. The van der Waals surface area contributed by atoms with Crippen LogP contribution >= 0.6 is 11.8 Å². The van der Waals surface area contributed by atoms with E-state index in [9.17, 15) is 9.59 Å². The molecule has 6 nitrogen and oxygen atoms in total. The van der Waals surface area contributed by atoms with Crippen molar-refractivity contribution in [1.82, 2.24) is 9.55 Å². The molecule has 0 unspecified atom stereocenters. The summed E-state index contributed by atoms with van der Waals surface area (Å²) in [4.78, 5) is 30.1. The number of carbonyl (C=O) groups is 2. The van der Waals surface area contributed by atoms with Crippen molar-refractivity contribution in [1.29, 1.82) is 0 Å². The van der Waals surface area contributed by atoms with E-state index in [1.54, 1.807) is 23.6 Å². The fourth-order valence-electron chi connectivity index (χ4n) is 3.00. The predicted octanol–water partition coefficient (Wildman–Crippen LogP) is 4.39. The molecule has 0 aliphatic rings. The maximum Gasteiger partial charge on any atom is 0.358 e. The van der Waals surface area contributed by atoms with E-state index < -0.39 is 5.97 Å². The van der Waals surface area contributed by atoms with Crippen LogP contribution in [-0.4, -0.2) is 34.3 Å². The van der Waals surface area contributed by atoms with Crippen molar-refractivity contribution in [2.45, 2.75) is 25.5 Å². The first-order valence-corrected chi connectivity index (χ1v) is 10.5. The third-order valence-corrected chi connectivity index (χ3v) is 5.07. The van der Waals surface area contributed by atoms with Gasteiger partial charge in [0.15, 0.2) is 16.7 Å². The maximum atomic E-state index is 12.8. The number of benzene rings is 2. The molecule has 0 radical (unpaired) electrons. The maximum absolute atomic E-state index is 12.8. The van der Waals surface area contributed by atoms with Crippen molar-refractivity contribution in [3.05, 3.63) is 77.0 Å². The highest BCUT2D eigenvalue weighted by atomic mass is 32.2. The lowest BCUT2D eigenvalue weighted by Gasteiger charge is -2.12. The number of carbonyl (C=O) groups excluding carboxylic acids is 2. The Kier molecular flexibility index (Phi) is 6.72. The fourth-order valence-corrected chi connectivity index (χ4v) is 3.56. The molecule has 1 aromatic heterocycles. The zero-order valence-electron chi connectivity index (χ0n) is 16.6. The van der Waals surface area contributed by atoms with Crippen molar-refractivity contribution >= 4 is 29.5 Å². The van der Waals surface area contributed by atoms with Gasteiger partial charge in [-0.3, -0.25) is 4.79 Å². The average molecular weight is 410 g/mol. The molecule has 29 heavy (non-hydrogen) atoms.